The lowest BCUT2D eigenvalue weighted by atomic mass is 9.90. The van der Waals surface area contributed by atoms with E-state index >= 15 is 0 Å². The van der Waals surface area contributed by atoms with Crippen LogP contribution in [0, 0.1) is 0 Å². The van der Waals surface area contributed by atoms with Crippen molar-refractivity contribution in [1.29, 1.82) is 0 Å². The third-order valence-corrected chi connectivity index (χ3v) is 4.82. The van der Waals surface area contributed by atoms with Gasteiger partial charge in [0.25, 0.3) is 0 Å². The molecule has 2 aromatic carbocycles. The molecule has 0 heterocycles. The van der Waals surface area contributed by atoms with Crippen molar-refractivity contribution in [3.05, 3.63) is 59.2 Å². The van der Waals surface area contributed by atoms with E-state index < -0.39 is 16.8 Å². The van der Waals surface area contributed by atoms with E-state index in [4.69, 9.17) is 4.74 Å². The number of Topliss-reactive ketones (excluding diaryl/α,β-unsaturated/α-hetero) is 1. The molecule has 3 rings (SSSR count). The van der Waals surface area contributed by atoms with Crippen molar-refractivity contribution >= 4 is 22.6 Å². The Morgan fingerprint density at radius 2 is 1.83 bits per heavy atom. The third-order valence-electron chi connectivity index (χ3n) is 3.89. The van der Waals surface area contributed by atoms with E-state index in [0.717, 1.165) is 18.4 Å². The summed E-state index contributed by atoms with van der Waals surface area (Å²) in [5, 5.41) is 0. The normalized spacial score (nSPS) is 14.9. The molecule has 1 aliphatic rings. The van der Waals surface area contributed by atoms with E-state index in [1.165, 1.54) is 0 Å². The molecule has 0 saturated heterocycles. The van der Waals surface area contributed by atoms with Crippen LogP contribution in [0.4, 0.5) is 0 Å². The number of ether oxygens (including phenoxy) is 1. The van der Waals surface area contributed by atoms with Gasteiger partial charge in [-0.3, -0.25) is 9.00 Å². The van der Waals surface area contributed by atoms with Crippen molar-refractivity contribution in [3.63, 3.8) is 0 Å². The van der Waals surface area contributed by atoms with Crippen LogP contribution < -0.4 is 4.74 Å². The third kappa shape index (κ3) is 3.24. The predicted molar refractivity (Wildman–Crippen MR) is 87.4 cm³/mol. The van der Waals surface area contributed by atoms with Gasteiger partial charge >= 0.3 is 5.97 Å². The molecule has 1 aliphatic carbocycles. The molecular formula is C18H16O4S. The summed E-state index contributed by atoms with van der Waals surface area (Å²) in [6, 6.07) is 11.7. The van der Waals surface area contributed by atoms with Crippen LogP contribution in [-0.4, -0.2) is 22.2 Å². The van der Waals surface area contributed by atoms with Gasteiger partial charge in [-0.15, -0.1) is 0 Å². The van der Waals surface area contributed by atoms with Gasteiger partial charge in [-0.25, -0.2) is 4.79 Å². The van der Waals surface area contributed by atoms with Gasteiger partial charge < -0.3 is 4.74 Å². The zero-order valence-electron chi connectivity index (χ0n) is 12.7. The van der Waals surface area contributed by atoms with E-state index in [1.807, 2.05) is 0 Å². The van der Waals surface area contributed by atoms with Crippen molar-refractivity contribution in [3.8, 4) is 5.75 Å². The molecule has 0 amide bonds. The number of carbonyl (C=O) groups is 2. The number of esters is 1. The van der Waals surface area contributed by atoms with Gasteiger partial charge in [0.1, 0.15) is 5.75 Å². The Hall–Kier alpha value is -2.27. The van der Waals surface area contributed by atoms with E-state index in [0.29, 0.717) is 28.2 Å². The number of fused-ring (bicyclic) bond motifs is 1. The topological polar surface area (TPSA) is 60.4 Å². The Labute approximate surface area is 136 Å². The minimum absolute atomic E-state index is 0.0962. The highest BCUT2D eigenvalue weighted by Crippen LogP contribution is 2.30. The predicted octanol–water partition coefficient (Wildman–Crippen LogP) is 3.16. The monoisotopic (exact) mass is 328 g/mol. The van der Waals surface area contributed by atoms with Crippen molar-refractivity contribution in [1.82, 2.24) is 0 Å². The summed E-state index contributed by atoms with van der Waals surface area (Å²) >= 11 is 0. The number of hydrogen-bond donors (Lipinski definition) is 0. The standard InChI is InChI=1S/C18H16O4S/c1-23(21)13-10-8-12(9-11-13)18(20)22-17-7-3-4-14-15(17)5-2-6-16(14)19/h3-4,7-11H,2,5-6H2,1H3/t23-/m0/s1. The largest absolute Gasteiger partial charge is 0.423 e. The molecule has 0 unspecified atom stereocenters. The summed E-state index contributed by atoms with van der Waals surface area (Å²) in [4.78, 5) is 24.9. The lowest BCUT2D eigenvalue weighted by Gasteiger charge is -2.17. The number of ketones is 1. The smallest absolute Gasteiger partial charge is 0.343 e. The maximum Gasteiger partial charge on any atom is 0.343 e. The molecule has 0 aromatic heterocycles. The molecule has 0 aliphatic heterocycles. The Balaban J connectivity index is 1.84. The van der Waals surface area contributed by atoms with Gasteiger partial charge in [0.15, 0.2) is 5.78 Å². The summed E-state index contributed by atoms with van der Waals surface area (Å²) in [5.41, 5.74) is 1.85. The van der Waals surface area contributed by atoms with Gasteiger partial charge in [0, 0.05) is 39.5 Å². The number of rotatable bonds is 3. The summed E-state index contributed by atoms with van der Waals surface area (Å²) in [6.45, 7) is 0. The quantitative estimate of drug-likeness (QED) is 0.641. The maximum absolute atomic E-state index is 12.3. The fourth-order valence-corrected chi connectivity index (χ4v) is 3.20. The summed E-state index contributed by atoms with van der Waals surface area (Å²) in [7, 11) is -1.08. The first-order valence-electron chi connectivity index (χ1n) is 7.37. The van der Waals surface area contributed by atoms with Crippen molar-refractivity contribution in [2.75, 3.05) is 6.26 Å². The number of carbonyl (C=O) groups excluding carboxylic acids is 2. The van der Waals surface area contributed by atoms with E-state index in [-0.39, 0.29) is 5.78 Å². The maximum atomic E-state index is 12.3. The highest BCUT2D eigenvalue weighted by Gasteiger charge is 2.21. The van der Waals surface area contributed by atoms with Crippen LogP contribution >= 0.6 is 0 Å². The van der Waals surface area contributed by atoms with Crippen molar-refractivity contribution < 1.29 is 18.5 Å². The first-order valence-corrected chi connectivity index (χ1v) is 8.93. The minimum atomic E-state index is -1.08. The average molecular weight is 328 g/mol. The van der Waals surface area contributed by atoms with Crippen LogP contribution in [0.25, 0.3) is 0 Å². The van der Waals surface area contributed by atoms with E-state index in [2.05, 4.69) is 0 Å². The molecule has 23 heavy (non-hydrogen) atoms. The van der Waals surface area contributed by atoms with Gasteiger partial charge in [-0.05, 0) is 43.2 Å². The Bertz CT molecular complexity index is 793. The molecule has 1 atom stereocenters. The molecule has 5 heteroatoms. The van der Waals surface area contributed by atoms with Crippen LogP contribution in [0.15, 0.2) is 47.4 Å². The summed E-state index contributed by atoms with van der Waals surface area (Å²) < 4.78 is 16.9. The Morgan fingerprint density at radius 3 is 2.52 bits per heavy atom. The lowest BCUT2D eigenvalue weighted by molar-refractivity contribution is 0.0730. The second-order valence-corrected chi connectivity index (χ2v) is 6.81. The molecule has 4 nitrogen and oxygen atoms in total. The molecule has 2 aromatic rings. The summed E-state index contributed by atoms with van der Waals surface area (Å²) in [5.74, 6) is 0.0625. The van der Waals surface area contributed by atoms with Crippen molar-refractivity contribution in [2.45, 2.75) is 24.2 Å². The van der Waals surface area contributed by atoms with Gasteiger partial charge in [-0.1, -0.05) is 12.1 Å². The first kappa shape index (κ1) is 15.6. The van der Waals surface area contributed by atoms with Gasteiger partial charge in [0.05, 0.1) is 5.56 Å². The zero-order chi connectivity index (χ0) is 16.4. The second-order valence-electron chi connectivity index (χ2n) is 5.43. The highest BCUT2D eigenvalue weighted by atomic mass is 32.2. The molecule has 118 valence electrons. The molecule has 0 N–H and O–H groups in total. The molecule has 0 spiro atoms. The van der Waals surface area contributed by atoms with E-state index in [9.17, 15) is 13.8 Å². The molecule has 0 fully saturated rings. The van der Waals surface area contributed by atoms with E-state index in [1.54, 1.807) is 48.7 Å². The minimum Gasteiger partial charge on any atom is -0.423 e. The van der Waals surface area contributed by atoms with Gasteiger partial charge in [-0.2, -0.15) is 0 Å². The van der Waals surface area contributed by atoms with Crippen LogP contribution in [-0.2, 0) is 17.2 Å². The van der Waals surface area contributed by atoms with Crippen LogP contribution in [0.1, 0.15) is 39.1 Å². The number of benzene rings is 2. The molecule has 0 radical (unpaired) electrons. The summed E-state index contributed by atoms with van der Waals surface area (Å²) in [6.07, 6.45) is 3.64. The molecular weight excluding hydrogens is 312 g/mol. The average Bonchev–Trinajstić information content (AvgIpc) is 2.56. The Kier molecular flexibility index (Phi) is 4.39. The lowest BCUT2D eigenvalue weighted by Crippen LogP contribution is -2.15. The fourth-order valence-electron chi connectivity index (χ4n) is 2.68. The van der Waals surface area contributed by atoms with Gasteiger partial charge in [0.2, 0.25) is 0 Å². The van der Waals surface area contributed by atoms with Crippen LogP contribution in [0.2, 0.25) is 0 Å². The first-order chi connectivity index (χ1) is 11.1. The molecule has 0 bridgehead atoms. The Morgan fingerprint density at radius 1 is 1.09 bits per heavy atom. The second kappa shape index (κ2) is 6.46. The molecule has 0 saturated carbocycles. The van der Waals surface area contributed by atoms with Crippen LogP contribution in [0.5, 0.6) is 5.75 Å². The fraction of sp³-hybridized carbons (Fsp3) is 0.222. The highest BCUT2D eigenvalue weighted by molar-refractivity contribution is 7.84. The SMILES string of the molecule is C[S@](=O)c1ccc(C(=O)Oc2cccc3c2CCCC3=O)cc1. The number of hydrogen-bond acceptors (Lipinski definition) is 4. The zero-order valence-corrected chi connectivity index (χ0v) is 13.5. The van der Waals surface area contributed by atoms with Crippen LogP contribution in [0.3, 0.4) is 0 Å². The van der Waals surface area contributed by atoms with Crippen molar-refractivity contribution in [2.24, 2.45) is 0 Å².